The first-order chi connectivity index (χ1) is 5.31. The van der Waals surface area contributed by atoms with Crippen molar-refractivity contribution in [3.8, 4) is 0 Å². The normalized spacial score (nSPS) is 12.7. The van der Waals surface area contributed by atoms with Gasteiger partial charge in [0.1, 0.15) is 0 Å². The molecule has 1 N–H and O–H groups in total. The highest BCUT2D eigenvalue weighted by atomic mass is 14.8. The van der Waals surface area contributed by atoms with Crippen molar-refractivity contribution in [1.29, 1.82) is 0 Å². The fourth-order valence-electron chi connectivity index (χ4n) is 0.571. The van der Waals surface area contributed by atoms with Gasteiger partial charge in [-0.1, -0.05) is 24.8 Å². The predicted octanol–water partition coefficient (Wildman–Crippen LogP) is 2.76. The number of allylic oxidation sites excluding steroid dienone is 6. The van der Waals surface area contributed by atoms with Crippen LogP contribution in [0.5, 0.6) is 0 Å². The summed E-state index contributed by atoms with van der Waals surface area (Å²) in [5.41, 5.74) is 1.08. The Morgan fingerprint density at radius 1 is 1.36 bits per heavy atom. The van der Waals surface area contributed by atoms with E-state index in [0.717, 1.165) is 5.70 Å². The van der Waals surface area contributed by atoms with Crippen molar-refractivity contribution in [1.82, 2.24) is 5.32 Å². The summed E-state index contributed by atoms with van der Waals surface area (Å²) >= 11 is 0. The van der Waals surface area contributed by atoms with E-state index in [2.05, 4.69) is 11.9 Å². The van der Waals surface area contributed by atoms with Crippen molar-refractivity contribution in [2.75, 3.05) is 0 Å². The van der Waals surface area contributed by atoms with Crippen LogP contribution >= 0.6 is 0 Å². The summed E-state index contributed by atoms with van der Waals surface area (Å²) in [6, 6.07) is 0. The first-order valence-corrected chi connectivity index (χ1v) is 3.65. The molecule has 1 heteroatoms. The molecule has 11 heavy (non-hydrogen) atoms. The highest BCUT2D eigenvalue weighted by molar-refractivity contribution is 5.10. The quantitative estimate of drug-likeness (QED) is 0.606. The Bertz CT molecular complexity index is 185. The summed E-state index contributed by atoms with van der Waals surface area (Å²) < 4.78 is 0. The third-order valence-corrected chi connectivity index (χ3v) is 1.08. The SMILES string of the molecule is C=C/C=C(\C)N/C=C\C=C\C. The maximum Gasteiger partial charge on any atom is 0.0114 e. The summed E-state index contributed by atoms with van der Waals surface area (Å²) in [6.45, 7) is 7.56. The van der Waals surface area contributed by atoms with Gasteiger partial charge in [0.2, 0.25) is 0 Å². The Labute approximate surface area is 68.8 Å². The van der Waals surface area contributed by atoms with Gasteiger partial charge in [-0.25, -0.2) is 0 Å². The van der Waals surface area contributed by atoms with Gasteiger partial charge in [-0.15, -0.1) is 0 Å². The van der Waals surface area contributed by atoms with E-state index in [9.17, 15) is 0 Å². The summed E-state index contributed by atoms with van der Waals surface area (Å²) in [4.78, 5) is 0. The summed E-state index contributed by atoms with van der Waals surface area (Å²) in [6.07, 6.45) is 11.4. The van der Waals surface area contributed by atoms with Crippen molar-refractivity contribution < 1.29 is 0 Å². The molecular formula is C10H15N. The standard InChI is InChI=1S/C10H15N/c1-4-6-7-9-11-10(3)8-5-2/h4-9,11H,2H2,1,3H3/b6-4+,9-7-,10-8+. The second kappa shape index (κ2) is 6.87. The van der Waals surface area contributed by atoms with Crippen molar-refractivity contribution >= 4 is 0 Å². The average Bonchev–Trinajstić information content (AvgIpc) is 1.99. The molecule has 0 amide bonds. The molecule has 0 rings (SSSR count). The Morgan fingerprint density at radius 2 is 2.09 bits per heavy atom. The van der Waals surface area contributed by atoms with Crippen LogP contribution in [0.2, 0.25) is 0 Å². The largest absolute Gasteiger partial charge is 0.365 e. The van der Waals surface area contributed by atoms with Gasteiger partial charge in [-0.05, 0) is 26.0 Å². The lowest BCUT2D eigenvalue weighted by molar-refractivity contribution is 1.06. The summed E-state index contributed by atoms with van der Waals surface area (Å²) in [5, 5.41) is 3.08. The predicted molar refractivity (Wildman–Crippen MR) is 51.0 cm³/mol. The van der Waals surface area contributed by atoms with Crippen LogP contribution in [-0.2, 0) is 0 Å². The van der Waals surface area contributed by atoms with Crippen LogP contribution in [-0.4, -0.2) is 0 Å². The van der Waals surface area contributed by atoms with E-state index in [1.165, 1.54) is 0 Å². The zero-order chi connectivity index (χ0) is 8.53. The fraction of sp³-hybridized carbons (Fsp3) is 0.200. The smallest absolute Gasteiger partial charge is 0.0114 e. The van der Waals surface area contributed by atoms with Gasteiger partial charge in [0.05, 0.1) is 0 Å². The summed E-state index contributed by atoms with van der Waals surface area (Å²) in [5.74, 6) is 0. The van der Waals surface area contributed by atoms with Crippen molar-refractivity contribution in [3.63, 3.8) is 0 Å². The first kappa shape index (κ1) is 9.76. The van der Waals surface area contributed by atoms with Gasteiger partial charge in [-0.3, -0.25) is 0 Å². The molecule has 0 radical (unpaired) electrons. The molecule has 0 aliphatic rings. The zero-order valence-electron chi connectivity index (χ0n) is 7.17. The molecule has 0 bridgehead atoms. The highest BCUT2D eigenvalue weighted by Gasteiger charge is 1.76. The molecule has 0 aliphatic heterocycles. The van der Waals surface area contributed by atoms with Crippen LogP contribution < -0.4 is 5.32 Å². The third kappa shape index (κ3) is 6.65. The highest BCUT2D eigenvalue weighted by Crippen LogP contribution is 1.85. The Balaban J connectivity index is 3.69. The Hall–Kier alpha value is -1.24. The van der Waals surface area contributed by atoms with E-state index in [1.807, 2.05) is 44.4 Å². The maximum atomic E-state index is 3.59. The average molecular weight is 149 g/mol. The molecule has 0 aromatic heterocycles. The topological polar surface area (TPSA) is 12.0 Å². The van der Waals surface area contributed by atoms with Crippen LogP contribution in [0, 0.1) is 0 Å². The molecule has 0 aliphatic carbocycles. The lowest BCUT2D eigenvalue weighted by Gasteiger charge is -1.95. The molecule has 0 atom stereocenters. The number of rotatable bonds is 4. The molecule has 0 saturated carbocycles. The van der Waals surface area contributed by atoms with Gasteiger partial charge in [0, 0.05) is 11.9 Å². The number of hydrogen-bond donors (Lipinski definition) is 1. The minimum atomic E-state index is 1.08. The van der Waals surface area contributed by atoms with Crippen LogP contribution in [0.4, 0.5) is 0 Å². The van der Waals surface area contributed by atoms with E-state index < -0.39 is 0 Å². The molecule has 0 aromatic rings. The van der Waals surface area contributed by atoms with Crippen LogP contribution in [0.1, 0.15) is 13.8 Å². The minimum Gasteiger partial charge on any atom is -0.365 e. The first-order valence-electron chi connectivity index (χ1n) is 3.65. The van der Waals surface area contributed by atoms with Crippen LogP contribution in [0.25, 0.3) is 0 Å². The summed E-state index contributed by atoms with van der Waals surface area (Å²) in [7, 11) is 0. The van der Waals surface area contributed by atoms with E-state index in [-0.39, 0.29) is 0 Å². The second-order valence-electron chi connectivity index (χ2n) is 2.11. The van der Waals surface area contributed by atoms with Crippen LogP contribution in [0.3, 0.4) is 0 Å². The van der Waals surface area contributed by atoms with E-state index in [0.29, 0.717) is 0 Å². The van der Waals surface area contributed by atoms with Crippen molar-refractivity contribution in [2.24, 2.45) is 0 Å². The number of nitrogens with one attached hydrogen (secondary N) is 1. The monoisotopic (exact) mass is 149 g/mol. The van der Waals surface area contributed by atoms with E-state index in [4.69, 9.17) is 0 Å². The molecule has 0 fully saturated rings. The number of hydrogen-bond acceptors (Lipinski definition) is 1. The maximum absolute atomic E-state index is 3.59. The molecule has 0 unspecified atom stereocenters. The van der Waals surface area contributed by atoms with Gasteiger partial charge >= 0.3 is 0 Å². The molecule has 0 saturated heterocycles. The zero-order valence-corrected chi connectivity index (χ0v) is 7.17. The molecule has 0 heterocycles. The lowest BCUT2D eigenvalue weighted by Crippen LogP contribution is -1.99. The second-order valence-corrected chi connectivity index (χ2v) is 2.11. The molecule has 0 aromatic carbocycles. The van der Waals surface area contributed by atoms with Crippen molar-refractivity contribution in [3.05, 3.63) is 48.9 Å². The Kier molecular flexibility index (Phi) is 6.10. The van der Waals surface area contributed by atoms with Gasteiger partial charge in [-0.2, -0.15) is 0 Å². The molecular weight excluding hydrogens is 134 g/mol. The lowest BCUT2D eigenvalue weighted by atomic mass is 10.4. The van der Waals surface area contributed by atoms with Gasteiger partial charge in [0.25, 0.3) is 0 Å². The van der Waals surface area contributed by atoms with Crippen LogP contribution in [0.15, 0.2) is 48.9 Å². The van der Waals surface area contributed by atoms with E-state index >= 15 is 0 Å². The molecule has 0 spiro atoms. The van der Waals surface area contributed by atoms with E-state index in [1.54, 1.807) is 6.08 Å². The molecule has 60 valence electrons. The van der Waals surface area contributed by atoms with Gasteiger partial charge in [0.15, 0.2) is 0 Å². The fourth-order valence-corrected chi connectivity index (χ4v) is 0.571. The Morgan fingerprint density at radius 3 is 2.64 bits per heavy atom. The molecule has 1 nitrogen and oxygen atoms in total. The van der Waals surface area contributed by atoms with Crippen molar-refractivity contribution in [2.45, 2.75) is 13.8 Å². The third-order valence-electron chi connectivity index (χ3n) is 1.08. The minimum absolute atomic E-state index is 1.08. The van der Waals surface area contributed by atoms with Gasteiger partial charge < -0.3 is 5.32 Å².